The molecule has 33 heavy (non-hydrogen) atoms. The van der Waals surface area contributed by atoms with Crippen LogP contribution in [0.2, 0.25) is 0 Å². The van der Waals surface area contributed by atoms with E-state index in [4.69, 9.17) is 0 Å². The first kappa shape index (κ1) is 20.1. The zero-order chi connectivity index (χ0) is 22.4. The molecule has 1 aliphatic carbocycles. The van der Waals surface area contributed by atoms with Crippen molar-refractivity contribution in [1.29, 1.82) is 0 Å². The fourth-order valence-electron chi connectivity index (χ4n) is 5.56. The highest BCUT2D eigenvalue weighted by Gasteiger charge is 2.35. The summed E-state index contributed by atoms with van der Waals surface area (Å²) in [4.78, 5) is 18.9. The Labute approximate surface area is 192 Å². The molecule has 0 unspecified atom stereocenters. The minimum absolute atomic E-state index is 0.0814. The monoisotopic (exact) mass is 440 g/mol. The Bertz CT molecular complexity index is 1370. The quantitative estimate of drug-likeness (QED) is 0.499. The molecular formula is C26H28N6O. The Hall–Kier alpha value is -3.48. The number of aromatic nitrogens is 5. The number of hydrogen-bond acceptors (Lipinski definition) is 5. The molecule has 2 aromatic heterocycles. The van der Waals surface area contributed by atoms with Crippen molar-refractivity contribution in [2.24, 2.45) is 0 Å². The van der Waals surface area contributed by atoms with Crippen molar-refractivity contribution in [2.75, 3.05) is 11.4 Å². The lowest BCUT2D eigenvalue weighted by atomic mass is 10.0. The minimum Gasteiger partial charge on any atom is -0.357 e. The highest BCUT2D eigenvalue weighted by molar-refractivity contribution is 5.80. The molecule has 4 aromatic rings. The van der Waals surface area contributed by atoms with Crippen LogP contribution in [0.5, 0.6) is 0 Å². The van der Waals surface area contributed by atoms with Gasteiger partial charge in [0.1, 0.15) is 6.04 Å². The molecule has 3 heterocycles. The van der Waals surface area contributed by atoms with Crippen LogP contribution in [-0.2, 0) is 12.8 Å². The number of nitrogens with one attached hydrogen (secondary N) is 1. The number of fused-ring (bicyclic) bond motifs is 2. The second-order valence-corrected chi connectivity index (χ2v) is 9.22. The maximum absolute atomic E-state index is 13.5. The normalized spacial score (nSPS) is 17.1. The Morgan fingerprint density at radius 2 is 1.97 bits per heavy atom. The largest absolute Gasteiger partial charge is 0.357 e. The predicted molar refractivity (Wildman–Crippen MR) is 129 cm³/mol. The van der Waals surface area contributed by atoms with Crippen LogP contribution in [0.1, 0.15) is 67.2 Å². The van der Waals surface area contributed by atoms with Crippen molar-refractivity contribution in [1.82, 2.24) is 25.2 Å². The van der Waals surface area contributed by atoms with Crippen molar-refractivity contribution in [2.45, 2.75) is 57.5 Å². The lowest BCUT2D eigenvalue weighted by molar-refractivity contribution is 0.428. The Kier molecular flexibility index (Phi) is 4.97. The molecular weight excluding hydrogens is 412 g/mol. The summed E-state index contributed by atoms with van der Waals surface area (Å²) >= 11 is 0. The van der Waals surface area contributed by atoms with Gasteiger partial charge in [-0.1, -0.05) is 44.0 Å². The van der Waals surface area contributed by atoms with E-state index in [1.807, 2.05) is 16.8 Å². The predicted octanol–water partition coefficient (Wildman–Crippen LogP) is 4.34. The second-order valence-electron chi connectivity index (χ2n) is 9.22. The molecule has 1 N–H and O–H groups in total. The molecule has 2 aromatic carbocycles. The molecule has 0 amide bonds. The number of aromatic amines is 1. The molecule has 0 spiro atoms. The average molecular weight is 441 g/mol. The number of rotatable bonds is 5. The van der Waals surface area contributed by atoms with Crippen molar-refractivity contribution in [3.8, 4) is 0 Å². The summed E-state index contributed by atoms with van der Waals surface area (Å²) in [6.45, 7) is 2.97. The van der Waals surface area contributed by atoms with Crippen molar-refractivity contribution >= 4 is 16.6 Å². The lowest BCUT2D eigenvalue weighted by Gasteiger charge is -2.30. The minimum atomic E-state index is -0.345. The summed E-state index contributed by atoms with van der Waals surface area (Å²) in [6.07, 6.45) is 6.44. The summed E-state index contributed by atoms with van der Waals surface area (Å²) in [5.74, 6) is 0.759. The van der Waals surface area contributed by atoms with Crippen LogP contribution in [0, 0.1) is 0 Å². The van der Waals surface area contributed by atoms with Gasteiger partial charge < -0.3 is 9.88 Å². The van der Waals surface area contributed by atoms with Gasteiger partial charge in [-0.3, -0.25) is 4.79 Å². The number of hydrogen-bond donors (Lipinski definition) is 1. The number of aryl methyl sites for hydroxylation is 1. The van der Waals surface area contributed by atoms with Crippen LogP contribution in [0.15, 0.2) is 53.3 Å². The molecule has 7 nitrogen and oxygen atoms in total. The van der Waals surface area contributed by atoms with Gasteiger partial charge in [-0.2, -0.15) is 0 Å². The Morgan fingerprint density at radius 1 is 1.12 bits per heavy atom. The third-order valence-electron chi connectivity index (χ3n) is 7.31. The molecule has 0 saturated heterocycles. The van der Waals surface area contributed by atoms with E-state index >= 15 is 0 Å². The first-order valence-electron chi connectivity index (χ1n) is 12.0. The number of nitrogens with zero attached hydrogens (tertiary/aromatic N) is 5. The SMILES string of the molecule is CCc1ccc2[nH]c(=O)c([C@@H](c3nnnn3C3CCCC3)N3CCc4ccccc43)cc2c1. The van der Waals surface area contributed by atoms with Crippen LogP contribution in [0.4, 0.5) is 5.69 Å². The van der Waals surface area contributed by atoms with Crippen LogP contribution in [0.3, 0.4) is 0 Å². The fourth-order valence-corrected chi connectivity index (χ4v) is 5.56. The van der Waals surface area contributed by atoms with E-state index in [1.54, 1.807) is 0 Å². The third-order valence-corrected chi connectivity index (χ3v) is 7.31. The van der Waals surface area contributed by atoms with Gasteiger partial charge in [0.2, 0.25) is 0 Å². The van der Waals surface area contributed by atoms with Crippen LogP contribution in [0.25, 0.3) is 10.9 Å². The van der Waals surface area contributed by atoms with E-state index in [-0.39, 0.29) is 11.6 Å². The summed E-state index contributed by atoms with van der Waals surface area (Å²) < 4.78 is 1.99. The molecule has 1 aliphatic heterocycles. The molecule has 1 atom stereocenters. The number of pyridine rings is 1. The van der Waals surface area contributed by atoms with Gasteiger partial charge in [0.25, 0.3) is 5.56 Å². The number of para-hydroxylation sites is 1. The average Bonchev–Trinajstić information content (AvgIpc) is 3.60. The first-order valence-corrected chi connectivity index (χ1v) is 12.0. The van der Waals surface area contributed by atoms with Crippen molar-refractivity contribution in [3.05, 3.63) is 81.4 Å². The van der Waals surface area contributed by atoms with E-state index in [0.29, 0.717) is 11.6 Å². The maximum Gasteiger partial charge on any atom is 0.254 e. The highest BCUT2D eigenvalue weighted by atomic mass is 16.1. The smallest absolute Gasteiger partial charge is 0.254 e. The fraction of sp³-hybridized carbons (Fsp3) is 0.385. The van der Waals surface area contributed by atoms with Gasteiger partial charge in [-0.05, 0) is 76.9 Å². The van der Waals surface area contributed by atoms with E-state index in [9.17, 15) is 4.79 Å². The summed E-state index contributed by atoms with van der Waals surface area (Å²) in [7, 11) is 0. The molecule has 0 bridgehead atoms. The van der Waals surface area contributed by atoms with Gasteiger partial charge in [0, 0.05) is 23.3 Å². The topological polar surface area (TPSA) is 79.7 Å². The molecule has 7 heteroatoms. The number of H-pyrrole nitrogens is 1. The molecule has 1 saturated carbocycles. The van der Waals surface area contributed by atoms with E-state index < -0.39 is 0 Å². The highest BCUT2D eigenvalue weighted by Crippen LogP contribution is 2.39. The van der Waals surface area contributed by atoms with Gasteiger partial charge in [-0.25, -0.2) is 4.68 Å². The molecule has 2 aliphatic rings. The van der Waals surface area contributed by atoms with Crippen LogP contribution >= 0.6 is 0 Å². The first-order chi connectivity index (χ1) is 16.2. The molecule has 168 valence electrons. The van der Waals surface area contributed by atoms with Crippen LogP contribution < -0.4 is 10.5 Å². The number of benzene rings is 2. The van der Waals surface area contributed by atoms with Gasteiger partial charge in [0.05, 0.1) is 6.04 Å². The van der Waals surface area contributed by atoms with E-state index in [0.717, 1.165) is 54.6 Å². The summed E-state index contributed by atoms with van der Waals surface area (Å²) in [5, 5.41) is 14.1. The van der Waals surface area contributed by atoms with Gasteiger partial charge in [-0.15, -0.1) is 5.10 Å². The van der Waals surface area contributed by atoms with Crippen molar-refractivity contribution in [3.63, 3.8) is 0 Å². The summed E-state index contributed by atoms with van der Waals surface area (Å²) in [5.41, 5.74) is 5.18. The third kappa shape index (κ3) is 3.43. The Balaban J connectivity index is 1.55. The molecule has 0 radical (unpaired) electrons. The second kappa shape index (κ2) is 8.14. The van der Waals surface area contributed by atoms with E-state index in [2.05, 4.69) is 68.7 Å². The lowest BCUT2D eigenvalue weighted by Crippen LogP contribution is -2.34. The molecule has 1 fully saturated rings. The zero-order valence-electron chi connectivity index (χ0n) is 18.9. The van der Waals surface area contributed by atoms with E-state index in [1.165, 1.54) is 24.0 Å². The number of tetrazole rings is 1. The number of anilines is 1. The van der Waals surface area contributed by atoms with Crippen molar-refractivity contribution < 1.29 is 0 Å². The zero-order valence-corrected chi connectivity index (χ0v) is 18.9. The summed E-state index contributed by atoms with van der Waals surface area (Å²) in [6, 6.07) is 16.7. The van der Waals surface area contributed by atoms with Gasteiger partial charge in [0.15, 0.2) is 5.82 Å². The Morgan fingerprint density at radius 3 is 2.82 bits per heavy atom. The standard InChI is InChI=1S/C26H28N6O/c1-2-17-11-12-22-19(15-17)16-21(26(33)27-22)24(31-14-13-18-7-3-6-10-23(18)31)25-28-29-30-32(25)20-8-4-5-9-20/h3,6-7,10-12,15-16,20,24H,2,4-5,8-9,13-14H2,1H3,(H,27,33)/t24-/m0/s1. The maximum atomic E-state index is 13.5. The molecule has 6 rings (SSSR count). The van der Waals surface area contributed by atoms with Gasteiger partial charge >= 0.3 is 0 Å². The van der Waals surface area contributed by atoms with Crippen LogP contribution in [-0.4, -0.2) is 31.7 Å².